The third kappa shape index (κ3) is 6.25. The third-order valence-corrected chi connectivity index (χ3v) is 4.25. The Morgan fingerprint density at radius 3 is 2.67 bits per heavy atom. The van der Waals surface area contributed by atoms with E-state index in [2.05, 4.69) is 6.08 Å². The Kier molecular flexibility index (Phi) is 7.19. The van der Waals surface area contributed by atoms with Crippen LogP contribution in [0.5, 0.6) is 0 Å². The van der Waals surface area contributed by atoms with Crippen molar-refractivity contribution < 1.29 is 28.2 Å². The van der Waals surface area contributed by atoms with Crippen LogP contribution in [0, 0.1) is 0 Å². The minimum Gasteiger partial charge on any atom is -0.472 e. The fourth-order valence-electron chi connectivity index (χ4n) is 2.77. The minimum absolute atomic E-state index is 0.197. The molecule has 1 aliphatic rings. The molecule has 146 valence electrons. The second-order valence-corrected chi connectivity index (χ2v) is 6.73. The molecule has 0 saturated heterocycles. The second kappa shape index (κ2) is 9.37. The van der Waals surface area contributed by atoms with Crippen molar-refractivity contribution in [1.82, 2.24) is 0 Å². The van der Waals surface area contributed by atoms with E-state index in [9.17, 15) is 9.59 Å². The van der Waals surface area contributed by atoms with E-state index in [0.29, 0.717) is 12.0 Å². The van der Waals surface area contributed by atoms with Gasteiger partial charge < -0.3 is 18.6 Å². The molecule has 1 aromatic rings. The molecule has 0 bridgehead atoms. The molecule has 6 nitrogen and oxygen atoms in total. The number of ether oxygens (including phenoxy) is 3. The molecule has 1 atom stereocenters. The van der Waals surface area contributed by atoms with Gasteiger partial charge >= 0.3 is 11.9 Å². The van der Waals surface area contributed by atoms with E-state index in [1.807, 2.05) is 13.8 Å². The van der Waals surface area contributed by atoms with Gasteiger partial charge in [0.2, 0.25) is 5.79 Å². The fraction of sp³-hybridized carbons (Fsp3) is 0.429. The number of rotatable bonds is 9. The van der Waals surface area contributed by atoms with E-state index >= 15 is 0 Å². The molecule has 27 heavy (non-hydrogen) atoms. The van der Waals surface area contributed by atoms with Crippen LogP contribution in [0.1, 0.15) is 45.6 Å². The van der Waals surface area contributed by atoms with Gasteiger partial charge in [0.15, 0.2) is 0 Å². The highest BCUT2D eigenvalue weighted by atomic mass is 16.7. The van der Waals surface area contributed by atoms with Crippen molar-refractivity contribution in [1.29, 1.82) is 0 Å². The Morgan fingerprint density at radius 2 is 2.07 bits per heavy atom. The largest absolute Gasteiger partial charge is 0.472 e. The Labute approximate surface area is 159 Å². The lowest BCUT2D eigenvalue weighted by molar-refractivity contribution is -0.188. The number of carbonyl (C=O) groups is 2. The summed E-state index contributed by atoms with van der Waals surface area (Å²) >= 11 is 0. The molecule has 1 unspecified atom stereocenters. The summed E-state index contributed by atoms with van der Waals surface area (Å²) in [6.07, 6.45) is 10.3. The van der Waals surface area contributed by atoms with Crippen LogP contribution in [0.3, 0.4) is 0 Å². The van der Waals surface area contributed by atoms with Crippen molar-refractivity contribution in [2.75, 3.05) is 7.11 Å². The summed E-state index contributed by atoms with van der Waals surface area (Å²) in [5.74, 6) is -1.73. The lowest BCUT2D eigenvalue weighted by Crippen LogP contribution is -2.30. The average molecular weight is 374 g/mol. The van der Waals surface area contributed by atoms with Gasteiger partial charge in [-0.3, -0.25) is 0 Å². The molecular formula is C21H26O6. The quantitative estimate of drug-likeness (QED) is 0.366. The standard InChI is InChI=1S/C21H26O6/c1-15(10-19(22)26-14-18-8-9-25-13-18)6-5-7-16(2)11-21(24-4)12-17(3)20(23)27-21/h7-10,12-13H,5-6,11,14H2,1-4H3/b15-10+,16-7+. The first-order chi connectivity index (χ1) is 12.8. The van der Waals surface area contributed by atoms with Crippen LogP contribution in [0.25, 0.3) is 0 Å². The third-order valence-electron chi connectivity index (χ3n) is 4.25. The molecule has 0 aromatic carbocycles. The van der Waals surface area contributed by atoms with Gasteiger partial charge in [0.05, 0.1) is 12.5 Å². The molecule has 0 spiro atoms. The molecular weight excluding hydrogens is 348 g/mol. The van der Waals surface area contributed by atoms with Crippen molar-refractivity contribution >= 4 is 11.9 Å². The maximum absolute atomic E-state index is 11.8. The number of esters is 2. The smallest absolute Gasteiger partial charge is 0.336 e. The van der Waals surface area contributed by atoms with E-state index in [-0.39, 0.29) is 18.5 Å². The molecule has 2 heterocycles. The molecule has 0 radical (unpaired) electrons. The van der Waals surface area contributed by atoms with E-state index in [4.69, 9.17) is 18.6 Å². The normalized spacial score (nSPS) is 20.4. The summed E-state index contributed by atoms with van der Waals surface area (Å²) in [5, 5.41) is 0. The highest BCUT2D eigenvalue weighted by molar-refractivity contribution is 5.90. The van der Waals surface area contributed by atoms with Crippen molar-refractivity contribution in [3.05, 3.63) is 59.1 Å². The number of methoxy groups -OCH3 is 1. The molecule has 0 fully saturated rings. The van der Waals surface area contributed by atoms with Crippen molar-refractivity contribution in [2.24, 2.45) is 0 Å². The van der Waals surface area contributed by atoms with Gasteiger partial charge in [0.1, 0.15) is 6.61 Å². The van der Waals surface area contributed by atoms with Crippen LogP contribution in [0.15, 0.2) is 58.0 Å². The summed E-state index contributed by atoms with van der Waals surface area (Å²) in [7, 11) is 1.53. The molecule has 6 heteroatoms. The van der Waals surface area contributed by atoms with Crippen LogP contribution in [0.4, 0.5) is 0 Å². The SMILES string of the molecule is COC1(C/C(C)=C/CC/C(C)=C/C(=O)OCc2ccoc2)C=C(C)C(=O)O1. The van der Waals surface area contributed by atoms with Crippen molar-refractivity contribution in [3.8, 4) is 0 Å². The summed E-state index contributed by atoms with van der Waals surface area (Å²) in [6, 6.07) is 1.75. The summed E-state index contributed by atoms with van der Waals surface area (Å²) < 4.78 is 20.8. The Balaban J connectivity index is 1.79. The minimum atomic E-state index is -1.01. The van der Waals surface area contributed by atoms with E-state index in [1.165, 1.54) is 19.4 Å². The van der Waals surface area contributed by atoms with Gasteiger partial charge in [-0.1, -0.05) is 17.2 Å². The van der Waals surface area contributed by atoms with Crippen LogP contribution >= 0.6 is 0 Å². The maximum atomic E-state index is 11.8. The van der Waals surface area contributed by atoms with Crippen molar-refractivity contribution in [2.45, 2.75) is 52.4 Å². The fourth-order valence-corrected chi connectivity index (χ4v) is 2.77. The second-order valence-electron chi connectivity index (χ2n) is 6.73. The number of hydrogen-bond donors (Lipinski definition) is 0. The van der Waals surface area contributed by atoms with Crippen LogP contribution in [-0.4, -0.2) is 24.8 Å². The topological polar surface area (TPSA) is 75.0 Å². The molecule has 0 aliphatic carbocycles. The van der Waals surface area contributed by atoms with E-state index in [0.717, 1.165) is 29.6 Å². The number of furan rings is 1. The van der Waals surface area contributed by atoms with Gasteiger partial charge in [-0.15, -0.1) is 0 Å². The van der Waals surface area contributed by atoms with E-state index in [1.54, 1.807) is 25.3 Å². The molecule has 1 aromatic heterocycles. The first-order valence-electron chi connectivity index (χ1n) is 8.82. The number of hydrogen-bond acceptors (Lipinski definition) is 6. The zero-order valence-electron chi connectivity index (χ0n) is 16.2. The lowest BCUT2D eigenvalue weighted by Gasteiger charge is -2.24. The van der Waals surface area contributed by atoms with Gasteiger partial charge in [-0.05, 0) is 45.8 Å². The Bertz CT molecular complexity index is 754. The lowest BCUT2D eigenvalue weighted by atomic mass is 10.0. The first kappa shape index (κ1) is 20.7. The zero-order valence-corrected chi connectivity index (χ0v) is 16.2. The summed E-state index contributed by atoms with van der Waals surface area (Å²) in [5.41, 5.74) is 3.35. The van der Waals surface area contributed by atoms with E-state index < -0.39 is 5.79 Å². The summed E-state index contributed by atoms with van der Waals surface area (Å²) in [4.78, 5) is 23.4. The predicted molar refractivity (Wildman–Crippen MR) is 99.5 cm³/mol. The molecule has 0 saturated carbocycles. The molecule has 2 rings (SSSR count). The van der Waals surface area contributed by atoms with Crippen LogP contribution in [-0.2, 0) is 30.4 Å². The number of allylic oxidation sites excluding steroid dienone is 2. The number of carbonyl (C=O) groups excluding carboxylic acids is 2. The van der Waals surface area contributed by atoms with Gasteiger partial charge in [0.25, 0.3) is 0 Å². The molecule has 0 N–H and O–H groups in total. The van der Waals surface area contributed by atoms with Gasteiger partial charge in [-0.2, -0.15) is 0 Å². The zero-order chi connectivity index (χ0) is 19.9. The maximum Gasteiger partial charge on any atom is 0.336 e. The monoisotopic (exact) mass is 374 g/mol. The van der Waals surface area contributed by atoms with Gasteiger partial charge in [-0.25, -0.2) is 9.59 Å². The average Bonchev–Trinajstić information content (AvgIpc) is 3.22. The first-order valence-corrected chi connectivity index (χ1v) is 8.82. The summed E-state index contributed by atoms with van der Waals surface area (Å²) in [6.45, 7) is 5.77. The number of cyclic esters (lactones) is 1. The van der Waals surface area contributed by atoms with Crippen LogP contribution < -0.4 is 0 Å². The van der Waals surface area contributed by atoms with Gasteiger partial charge in [0, 0.05) is 30.7 Å². The highest BCUT2D eigenvalue weighted by Gasteiger charge is 2.38. The predicted octanol–water partition coefficient (Wildman–Crippen LogP) is 4.23. The Hall–Kier alpha value is -2.60. The van der Waals surface area contributed by atoms with Crippen LogP contribution in [0.2, 0.25) is 0 Å². The Morgan fingerprint density at radius 1 is 1.30 bits per heavy atom. The molecule has 1 aliphatic heterocycles. The van der Waals surface area contributed by atoms with Crippen molar-refractivity contribution in [3.63, 3.8) is 0 Å². The highest BCUT2D eigenvalue weighted by Crippen LogP contribution is 2.31. The molecule has 0 amide bonds.